The van der Waals surface area contributed by atoms with Crippen LogP contribution in [0.1, 0.15) is 36.1 Å². The first kappa shape index (κ1) is 21.9. The summed E-state index contributed by atoms with van der Waals surface area (Å²) in [7, 11) is 0. The van der Waals surface area contributed by atoms with E-state index in [0.29, 0.717) is 36.7 Å². The average molecular weight is 428 g/mol. The molecule has 2 amide bonds. The summed E-state index contributed by atoms with van der Waals surface area (Å²) in [6.45, 7) is 9.02. The third-order valence-corrected chi connectivity index (χ3v) is 5.35. The van der Waals surface area contributed by atoms with E-state index in [1.165, 1.54) is 4.90 Å². The van der Waals surface area contributed by atoms with E-state index in [2.05, 4.69) is 0 Å². The molecule has 1 heterocycles. The highest BCUT2D eigenvalue weighted by atomic mass is 35.5. The summed E-state index contributed by atoms with van der Waals surface area (Å²) in [6, 6.07) is 11.4. The van der Waals surface area contributed by atoms with Gasteiger partial charge in [-0.3, -0.25) is 14.5 Å². The number of imide groups is 1. The van der Waals surface area contributed by atoms with Gasteiger partial charge >= 0.3 is 0 Å². The Labute approximate surface area is 182 Å². The van der Waals surface area contributed by atoms with Crippen LogP contribution in [0.3, 0.4) is 0 Å². The Morgan fingerprint density at radius 2 is 1.60 bits per heavy atom. The fraction of sp³-hybridized carbons (Fsp3) is 0.333. The van der Waals surface area contributed by atoms with Crippen molar-refractivity contribution in [3.8, 4) is 11.5 Å². The van der Waals surface area contributed by atoms with Gasteiger partial charge in [-0.15, -0.1) is 0 Å². The molecule has 0 saturated carbocycles. The molecule has 1 aliphatic rings. The Bertz CT molecular complexity index is 1010. The highest BCUT2D eigenvalue weighted by molar-refractivity contribution is 6.55. The molecule has 0 bridgehead atoms. The predicted octanol–water partition coefficient (Wildman–Crippen LogP) is 4.66. The molecule has 0 radical (unpaired) electrons. The van der Waals surface area contributed by atoms with Crippen molar-refractivity contribution in [2.45, 2.75) is 34.1 Å². The number of carbonyl (C=O) groups excluding carboxylic acids is 2. The number of carbonyl (C=O) groups is 2. The molecule has 1 aliphatic heterocycles. The molecule has 5 nitrogen and oxygen atoms in total. The highest BCUT2D eigenvalue weighted by Gasteiger charge is 2.38. The average Bonchev–Trinajstić information content (AvgIpc) is 2.91. The summed E-state index contributed by atoms with van der Waals surface area (Å²) < 4.78 is 11.2. The Balaban J connectivity index is 1.78. The van der Waals surface area contributed by atoms with Crippen molar-refractivity contribution in [3.63, 3.8) is 0 Å². The molecule has 3 rings (SSSR count). The van der Waals surface area contributed by atoms with Gasteiger partial charge in [-0.1, -0.05) is 41.4 Å². The predicted molar refractivity (Wildman–Crippen MR) is 118 cm³/mol. The smallest absolute Gasteiger partial charge is 0.273 e. The lowest BCUT2D eigenvalue weighted by Gasteiger charge is -2.16. The number of benzene rings is 2. The Hall–Kier alpha value is -2.79. The molecule has 158 valence electrons. The van der Waals surface area contributed by atoms with Gasteiger partial charge in [0.05, 0.1) is 18.8 Å². The van der Waals surface area contributed by atoms with Gasteiger partial charge in [0.1, 0.15) is 5.03 Å². The van der Waals surface area contributed by atoms with Gasteiger partial charge in [0, 0.05) is 6.54 Å². The third kappa shape index (κ3) is 4.36. The van der Waals surface area contributed by atoms with Crippen molar-refractivity contribution in [2.75, 3.05) is 19.8 Å². The number of hydrogen-bond donors (Lipinski definition) is 0. The minimum atomic E-state index is -0.451. The van der Waals surface area contributed by atoms with Crippen molar-refractivity contribution < 1.29 is 19.1 Å². The van der Waals surface area contributed by atoms with Crippen molar-refractivity contribution in [1.82, 2.24) is 4.90 Å². The minimum Gasteiger partial charge on any atom is -0.490 e. The normalized spacial score (nSPS) is 14.0. The van der Waals surface area contributed by atoms with Gasteiger partial charge in [0.25, 0.3) is 11.8 Å². The Kier molecular flexibility index (Phi) is 6.83. The second-order valence-corrected chi connectivity index (χ2v) is 7.54. The quantitative estimate of drug-likeness (QED) is 0.575. The monoisotopic (exact) mass is 427 g/mol. The maximum Gasteiger partial charge on any atom is 0.273 e. The van der Waals surface area contributed by atoms with Crippen LogP contribution in [0.15, 0.2) is 41.4 Å². The van der Waals surface area contributed by atoms with Gasteiger partial charge in [0.2, 0.25) is 0 Å². The van der Waals surface area contributed by atoms with E-state index in [1.807, 2.05) is 64.1 Å². The number of nitrogens with zero attached hydrogens (tertiary/aromatic N) is 1. The zero-order valence-electron chi connectivity index (χ0n) is 17.8. The molecular formula is C24H26ClNO4. The summed E-state index contributed by atoms with van der Waals surface area (Å²) in [6.07, 6.45) is 0.494. The zero-order chi connectivity index (χ0) is 21.8. The summed E-state index contributed by atoms with van der Waals surface area (Å²) in [5, 5.41) is -0.0198. The topological polar surface area (TPSA) is 55.8 Å². The van der Waals surface area contributed by atoms with Gasteiger partial charge < -0.3 is 9.47 Å². The lowest BCUT2D eigenvalue weighted by molar-refractivity contribution is -0.136. The Morgan fingerprint density at radius 3 is 2.27 bits per heavy atom. The van der Waals surface area contributed by atoms with Crippen molar-refractivity contribution in [1.29, 1.82) is 0 Å². The van der Waals surface area contributed by atoms with E-state index in [-0.39, 0.29) is 23.1 Å². The van der Waals surface area contributed by atoms with E-state index in [1.54, 1.807) is 0 Å². The van der Waals surface area contributed by atoms with Crippen LogP contribution in [-0.4, -0.2) is 36.5 Å². The fourth-order valence-electron chi connectivity index (χ4n) is 3.57. The molecule has 0 spiro atoms. The molecule has 0 N–H and O–H groups in total. The van der Waals surface area contributed by atoms with E-state index >= 15 is 0 Å². The molecule has 30 heavy (non-hydrogen) atoms. The van der Waals surface area contributed by atoms with Crippen LogP contribution < -0.4 is 9.47 Å². The standard InChI is InChI=1S/C24H26ClNO4/c1-5-29-19-10-8-17(14-20(19)30-6-2)11-12-26-23(27)21(22(25)24(26)28)18-9-7-15(3)13-16(18)4/h7-10,13-14H,5-6,11-12H2,1-4H3. The lowest BCUT2D eigenvalue weighted by atomic mass is 9.99. The second kappa shape index (κ2) is 9.35. The maximum absolute atomic E-state index is 13.0. The first-order valence-corrected chi connectivity index (χ1v) is 10.5. The van der Waals surface area contributed by atoms with Crippen molar-refractivity contribution >= 4 is 29.0 Å². The van der Waals surface area contributed by atoms with Crippen LogP contribution in [0.4, 0.5) is 0 Å². The number of hydrogen-bond acceptors (Lipinski definition) is 4. The van der Waals surface area contributed by atoms with E-state index in [4.69, 9.17) is 21.1 Å². The molecule has 6 heteroatoms. The molecule has 2 aromatic carbocycles. The first-order chi connectivity index (χ1) is 14.4. The first-order valence-electron chi connectivity index (χ1n) is 10.1. The second-order valence-electron chi connectivity index (χ2n) is 7.17. The molecule has 0 saturated heterocycles. The van der Waals surface area contributed by atoms with Gasteiger partial charge in [-0.25, -0.2) is 0 Å². The maximum atomic E-state index is 13.0. The van der Waals surface area contributed by atoms with Crippen LogP contribution in [0.25, 0.3) is 5.57 Å². The summed E-state index contributed by atoms with van der Waals surface area (Å²) in [5.41, 5.74) is 3.92. The molecule has 0 aliphatic carbocycles. The number of aryl methyl sites for hydroxylation is 2. The van der Waals surface area contributed by atoms with Crippen molar-refractivity contribution in [2.24, 2.45) is 0 Å². The summed E-state index contributed by atoms with van der Waals surface area (Å²) in [4.78, 5) is 26.9. The molecule has 0 fully saturated rings. The number of halogens is 1. The molecule has 0 aromatic heterocycles. The third-order valence-electron chi connectivity index (χ3n) is 4.99. The number of rotatable bonds is 8. The summed E-state index contributed by atoms with van der Waals surface area (Å²) >= 11 is 6.30. The molecule has 0 unspecified atom stereocenters. The van der Waals surface area contributed by atoms with E-state index in [9.17, 15) is 9.59 Å². The van der Waals surface area contributed by atoms with Crippen LogP contribution in [-0.2, 0) is 16.0 Å². The van der Waals surface area contributed by atoms with Crippen LogP contribution >= 0.6 is 11.6 Å². The van der Waals surface area contributed by atoms with Crippen LogP contribution in [0.5, 0.6) is 11.5 Å². The lowest BCUT2D eigenvalue weighted by Crippen LogP contribution is -2.33. The van der Waals surface area contributed by atoms with E-state index < -0.39 is 5.91 Å². The number of amides is 2. The number of ether oxygens (including phenoxy) is 2. The van der Waals surface area contributed by atoms with Crippen LogP contribution in [0.2, 0.25) is 0 Å². The van der Waals surface area contributed by atoms with Crippen LogP contribution in [0, 0.1) is 13.8 Å². The Morgan fingerprint density at radius 1 is 0.900 bits per heavy atom. The SMILES string of the molecule is CCOc1ccc(CCN2C(=O)C(Cl)=C(c3ccc(C)cc3C)C2=O)cc1OCC. The molecule has 0 atom stereocenters. The zero-order valence-corrected chi connectivity index (χ0v) is 18.5. The highest BCUT2D eigenvalue weighted by Crippen LogP contribution is 2.34. The van der Waals surface area contributed by atoms with Gasteiger partial charge in [0.15, 0.2) is 11.5 Å². The molecule has 2 aromatic rings. The van der Waals surface area contributed by atoms with Gasteiger partial charge in [-0.2, -0.15) is 0 Å². The van der Waals surface area contributed by atoms with E-state index in [0.717, 1.165) is 16.7 Å². The summed E-state index contributed by atoms with van der Waals surface area (Å²) in [5.74, 6) is 0.529. The molecular weight excluding hydrogens is 402 g/mol. The minimum absolute atomic E-state index is 0.0198. The van der Waals surface area contributed by atoms with Gasteiger partial charge in [-0.05, 0) is 62.9 Å². The fourth-order valence-corrected chi connectivity index (χ4v) is 3.85. The largest absolute Gasteiger partial charge is 0.490 e. The van der Waals surface area contributed by atoms with Crippen molar-refractivity contribution in [3.05, 3.63) is 63.7 Å².